The van der Waals surface area contributed by atoms with Gasteiger partial charge in [0, 0.05) is 13.0 Å². The summed E-state index contributed by atoms with van der Waals surface area (Å²) in [5.41, 5.74) is 7.41. The number of hydrogen-bond donors (Lipinski definition) is 1. The SMILES string of the molecule is Cl.NCC1(CC(=O)N2CCCC2c2ccccc2)CCCCC1. The first-order valence-corrected chi connectivity index (χ1v) is 8.79. The van der Waals surface area contributed by atoms with Crippen LogP contribution in [-0.2, 0) is 4.79 Å². The second-order valence-corrected chi connectivity index (χ2v) is 7.10. The van der Waals surface area contributed by atoms with Gasteiger partial charge in [0.25, 0.3) is 0 Å². The van der Waals surface area contributed by atoms with Gasteiger partial charge in [-0.05, 0) is 43.2 Å². The van der Waals surface area contributed by atoms with Crippen molar-refractivity contribution in [3.8, 4) is 0 Å². The molecule has 2 N–H and O–H groups in total. The summed E-state index contributed by atoms with van der Waals surface area (Å²) >= 11 is 0. The van der Waals surface area contributed by atoms with E-state index in [0.29, 0.717) is 18.9 Å². The van der Waals surface area contributed by atoms with Crippen molar-refractivity contribution >= 4 is 18.3 Å². The minimum atomic E-state index is 0. The highest BCUT2D eigenvalue weighted by Crippen LogP contribution is 2.40. The van der Waals surface area contributed by atoms with Crippen LogP contribution in [0, 0.1) is 5.41 Å². The molecular formula is C19H29ClN2O. The van der Waals surface area contributed by atoms with E-state index in [1.165, 1.54) is 24.8 Å². The van der Waals surface area contributed by atoms with Crippen molar-refractivity contribution in [3.05, 3.63) is 35.9 Å². The van der Waals surface area contributed by atoms with Crippen molar-refractivity contribution in [1.29, 1.82) is 0 Å². The smallest absolute Gasteiger partial charge is 0.223 e. The molecule has 23 heavy (non-hydrogen) atoms. The molecule has 1 aliphatic carbocycles. The van der Waals surface area contributed by atoms with E-state index < -0.39 is 0 Å². The Morgan fingerprint density at radius 1 is 1.13 bits per heavy atom. The molecule has 0 aromatic heterocycles. The Morgan fingerprint density at radius 2 is 1.83 bits per heavy atom. The normalized spacial score (nSPS) is 23.3. The number of benzene rings is 1. The summed E-state index contributed by atoms with van der Waals surface area (Å²) in [6.45, 7) is 1.56. The Hall–Kier alpha value is -1.06. The maximum atomic E-state index is 12.9. The molecule has 1 saturated heterocycles. The number of nitrogens with two attached hydrogens (primary N) is 1. The van der Waals surface area contributed by atoms with Crippen molar-refractivity contribution in [1.82, 2.24) is 4.90 Å². The molecule has 1 atom stereocenters. The molecule has 1 aromatic rings. The molecule has 0 spiro atoms. The summed E-state index contributed by atoms with van der Waals surface area (Å²) in [4.78, 5) is 15.0. The van der Waals surface area contributed by atoms with Crippen molar-refractivity contribution in [3.63, 3.8) is 0 Å². The van der Waals surface area contributed by atoms with Gasteiger partial charge in [0.05, 0.1) is 6.04 Å². The number of amides is 1. The monoisotopic (exact) mass is 336 g/mol. The maximum Gasteiger partial charge on any atom is 0.223 e. The van der Waals surface area contributed by atoms with Crippen LogP contribution in [0.1, 0.15) is 63.0 Å². The molecule has 0 radical (unpaired) electrons. The summed E-state index contributed by atoms with van der Waals surface area (Å²) in [7, 11) is 0. The molecule has 2 fully saturated rings. The molecule has 1 aromatic carbocycles. The van der Waals surface area contributed by atoms with Crippen molar-refractivity contribution in [2.75, 3.05) is 13.1 Å². The molecule has 0 bridgehead atoms. The number of rotatable bonds is 4. The van der Waals surface area contributed by atoms with Crippen molar-refractivity contribution < 1.29 is 4.79 Å². The van der Waals surface area contributed by atoms with Crippen LogP contribution in [-0.4, -0.2) is 23.9 Å². The summed E-state index contributed by atoms with van der Waals surface area (Å²) in [6.07, 6.45) is 8.85. The highest BCUT2D eigenvalue weighted by molar-refractivity contribution is 5.85. The number of nitrogens with zero attached hydrogens (tertiary/aromatic N) is 1. The predicted octanol–water partition coefficient (Wildman–Crippen LogP) is 4.07. The molecular weight excluding hydrogens is 308 g/mol. The third-order valence-corrected chi connectivity index (χ3v) is 5.63. The Morgan fingerprint density at radius 3 is 2.48 bits per heavy atom. The van der Waals surface area contributed by atoms with E-state index in [1.807, 2.05) is 6.07 Å². The first-order chi connectivity index (χ1) is 10.7. The van der Waals surface area contributed by atoms with E-state index in [1.54, 1.807) is 0 Å². The number of likely N-dealkylation sites (tertiary alicyclic amines) is 1. The lowest BCUT2D eigenvalue weighted by Crippen LogP contribution is -2.40. The van der Waals surface area contributed by atoms with E-state index in [-0.39, 0.29) is 23.9 Å². The van der Waals surface area contributed by atoms with Crippen LogP contribution in [0.4, 0.5) is 0 Å². The topological polar surface area (TPSA) is 46.3 Å². The molecule has 1 saturated carbocycles. The Kier molecular flexibility index (Phi) is 6.49. The summed E-state index contributed by atoms with van der Waals surface area (Å²) < 4.78 is 0. The molecule has 1 unspecified atom stereocenters. The quantitative estimate of drug-likeness (QED) is 0.900. The maximum absolute atomic E-state index is 12.9. The van der Waals surface area contributed by atoms with E-state index in [2.05, 4.69) is 29.2 Å². The minimum Gasteiger partial charge on any atom is -0.336 e. The lowest BCUT2D eigenvalue weighted by molar-refractivity contribution is -0.135. The zero-order valence-corrected chi connectivity index (χ0v) is 14.7. The van der Waals surface area contributed by atoms with Crippen molar-refractivity contribution in [2.45, 2.75) is 57.4 Å². The molecule has 1 aliphatic heterocycles. The summed E-state index contributed by atoms with van der Waals surface area (Å²) in [5, 5.41) is 0. The predicted molar refractivity (Wildman–Crippen MR) is 96.6 cm³/mol. The van der Waals surface area contributed by atoms with Gasteiger partial charge in [0.15, 0.2) is 0 Å². The molecule has 3 nitrogen and oxygen atoms in total. The fourth-order valence-electron chi connectivity index (χ4n) is 4.26. The summed E-state index contributed by atoms with van der Waals surface area (Å²) in [6, 6.07) is 10.7. The fourth-order valence-corrected chi connectivity index (χ4v) is 4.26. The molecule has 1 heterocycles. The average Bonchev–Trinajstić information content (AvgIpc) is 3.06. The Balaban J connectivity index is 0.00000192. The highest BCUT2D eigenvalue weighted by atomic mass is 35.5. The van der Waals surface area contributed by atoms with Gasteiger partial charge in [-0.1, -0.05) is 49.6 Å². The fraction of sp³-hybridized carbons (Fsp3) is 0.632. The number of hydrogen-bond acceptors (Lipinski definition) is 2. The van der Waals surface area contributed by atoms with Gasteiger partial charge >= 0.3 is 0 Å². The molecule has 128 valence electrons. The number of carbonyl (C=O) groups excluding carboxylic acids is 1. The number of carbonyl (C=O) groups is 1. The lowest BCUT2D eigenvalue weighted by atomic mass is 9.71. The van der Waals surface area contributed by atoms with Gasteiger partial charge in [-0.25, -0.2) is 0 Å². The molecule has 4 heteroatoms. The second kappa shape index (κ2) is 8.16. The third kappa shape index (κ3) is 4.07. The standard InChI is InChI=1S/C19H28N2O.ClH/c20-15-19(11-5-2-6-12-19)14-18(22)21-13-7-10-17(21)16-8-3-1-4-9-16;/h1,3-4,8-9,17H,2,5-7,10-15,20H2;1H. The highest BCUT2D eigenvalue weighted by Gasteiger charge is 2.37. The molecule has 1 amide bonds. The van der Waals surface area contributed by atoms with Crippen LogP contribution in [0.15, 0.2) is 30.3 Å². The van der Waals surface area contributed by atoms with Crippen LogP contribution < -0.4 is 5.73 Å². The van der Waals surface area contributed by atoms with Crippen LogP contribution in [0.5, 0.6) is 0 Å². The number of halogens is 1. The molecule has 3 rings (SSSR count). The van der Waals surface area contributed by atoms with Crippen LogP contribution >= 0.6 is 12.4 Å². The first-order valence-electron chi connectivity index (χ1n) is 8.79. The van der Waals surface area contributed by atoms with E-state index >= 15 is 0 Å². The Labute approximate surface area is 146 Å². The Bertz CT molecular complexity index is 499. The van der Waals surface area contributed by atoms with Crippen LogP contribution in [0.2, 0.25) is 0 Å². The van der Waals surface area contributed by atoms with E-state index in [9.17, 15) is 4.79 Å². The van der Waals surface area contributed by atoms with E-state index in [0.717, 1.165) is 32.2 Å². The van der Waals surface area contributed by atoms with Gasteiger partial charge in [-0.3, -0.25) is 4.79 Å². The third-order valence-electron chi connectivity index (χ3n) is 5.63. The van der Waals surface area contributed by atoms with Gasteiger partial charge in [0.2, 0.25) is 5.91 Å². The van der Waals surface area contributed by atoms with Gasteiger partial charge in [-0.2, -0.15) is 0 Å². The zero-order chi connectivity index (χ0) is 15.4. The van der Waals surface area contributed by atoms with E-state index in [4.69, 9.17) is 5.73 Å². The van der Waals surface area contributed by atoms with Crippen LogP contribution in [0.25, 0.3) is 0 Å². The summed E-state index contributed by atoms with van der Waals surface area (Å²) in [5.74, 6) is 0.318. The largest absolute Gasteiger partial charge is 0.336 e. The molecule has 2 aliphatic rings. The van der Waals surface area contributed by atoms with Crippen LogP contribution in [0.3, 0.4) is 0 Å². The zero-order valence-electron chi connectivity index (χ0n) is 13.9. The average molecular weight is 337 g/mol. The van der Waals surface area contributed by atoms with Gasteiger partial charge in [-0.15, -0.1) is 12.4 Å². The minimum absolute atomic E-state index is 0. The van der Waals surface area contributed by atoms with Gasteiger partial charge < -0.3 is 10.6 Å². The first kappa shape index (κ1) is 18.3. The van der Waals surface area contributed by atoms with Gasteiger partial charge in [0.1, 0.15) is 0 Å². The lowest BCUT2D eigenvalue weighted by Gasteiger charge is -2.37. The van der Waals surface area contributed by atoms with Crippen molar-refractivity contribution in [2.24, 2.45) is 11.1 Å². The second-order valence-electron chi connectivity index (χ2n) is 7.10.